The van der Waals surface area contributed by atoms with Crippen LogP contribution in [0.1, 0.15) is 40.7 Å². The second-order valence-corrected chi connectivity index (χ2v) is 9.05. The van der Waals surface area contributed by atoms with Crippen LogP contribution in [0.25, 0.3) is 22.3 Å². The second-order valence-electron chi connectivity index (χ2n) is 9.05. The molecule has 7 heteroatoms. The van der Waals surface area contributed by atoms with Gasteiger partial charge in [-0.05, 0) is 41.8 Å². The van der Waals surface area contributed by atoms with Crippen molar-refractivity contribution in [3.63, 3.8) is 0 Å². The van der Waals surface area contributed by atoms with Crippen LogP contribution in [-0.4, -0.2) is 33.8 Å². The molecule has 190 valence electrons. The molecule has 0 aliphatic carbocycles. The Bertz CT molecular complexity index is 1560. The maximum absolute atomic E-state index is 13.4. The summed E-state index contributed by atoms with van der Waals surface area (Å²) >= 11 is 0. The zero-order valence-corrected chi connectivity index (χ0v) is 21.2. The van der Waals surface area contributed by atoms with Crippen molar-refractivity contribution in [1.82, 2.24) is 14.8 Å². The predicted octanol–water partition coefficient (Wildman–Crippen LogP) is 6.03. The van der Waals surface area contributed by atoms with Crippen molar-refractivity contribution in [1.29, 1.82) is 0 Å². The van der Waals surface area contributed by atoms with Gasteiger partial charge in [0.05, 0.1) is 19.0 Å². The Labute approximate surface area is 220 Å². The fourth-order valence-corrected chi connectivity index (χ4v) is 4.28. The molecule has 0 aliphatic heterocycles. The Balaban J connectivity index is 1.41. The SMILES string of the molecule is COC(=O)CC(C)c1ccc(OCc2cnc3c(-c4ccccc4)nn(C(=O)c4ccccc4)c3c2)cc1. The summed E-state index contributed by atoms with van der Waals surface area (Å²) < 4.78 is 12.2. The van der Waals surface area contributed by atoms with Crippen LogP contribution in [0.15, 0.2) is 97.2 Å². The molecule has 7 nitrogen and oxygen atoms in total. The van der Waals surface area contributed by atoms with Crippen molar-refractivity contribution >= 4 is 22.9 Å². The van der Waals surface area contributed by atoms with Crippen molar-refractivity contribution in [2.45, 2.75) is 25.9 Å². The first kappa shape index (κ1) is 24.9. The molecule has 0 aliphatic rings. The lowest BCUT2D eigenvalue weighted by molar-refractivity contribution is -0.140. The van der Waals surface area contributed by atoms with E-state index in [1.165, 1.54) is 11.8 Å². The Morgan fingerprint density at radius 3 is 2.29 bits per heavy atom. The van der Waals surface area contributed by atoms with E-state index in [9.17, 15) is 9.59 Å². The highest BCUT2D eigenvalue weighted by Crippen LogP contribution is 2.28. The third kappa shape index (κ3) is 5.32. The van der Waals surface area contributed by atoms with Crippen LogP contribution in [0.4, 0.5) is 0 Å². The maximum atomic E-state index is 13.4. The number of aromatic nitrogens is 3. The number of ether oxygens (including phenoxy) is 2. The van der Waals surface area contributed by atoms with Gasteiger partial charge in [0, 0.05) is 22.9 Å². The molecule has 0 radical (unpaired) electrons. The van der Waals surface area contributed by atoms with Crippen molar-refractivity contribution in [2.75, 3.05) is 7.11 Å². The Morgan fingerprint density at radius 1 is 0.921 bits per heavy atom. The molecule has 0 fully saturated rings. The minimum absolute atomic E-state index is 0.0457. The molecule has 3 aromatic carbocycles. The van der Waals surface area contributed by atoms with Gasteiger partial charge < -0.3 is 9.47 Å². The fourth-order valence-electron chi connectivity index (χ4n) is 4.28. The largest absolute Gasteiger partial charge is 0.489 e. The van der Waals surface area contributed by atoms with Crippen LogP contribution in [-0.2, 0) is 16.1 Å². The summed E-state index contributed by atoms with van der Waals surface area (Å²) in [4.78, 5) is 29.6. The predicted molar refractivity (Wildman–Crippen MR) is 145 cm³/mol. The summed E-state index contributed by atoms with van der Waals surface area (Å²) in [5.41, 5.74) is 5.17. The number of fused-ring (bicyclic) bond motifs is 1. The number of carbonyl (C=O) groups is 2. The first-order chi connectivity index (χ1) is 18.5. The fraction of sp³-hybridized carbons (Fsp3) is 0.161. The van der Waals surface area contributed by atoms with Crippen molar-refractivity contribution in [3.05, 3.63) is 114 Å². The summed E-state index contributed by atoms with van der Waals surface area (Å²) in [5, 5.41) is 4.68. The van der Waals surface area contributed by atoms with Crippen molar-refractivity contribution in [2.24, 2.45) is 0 Å². The van der Waals surface area contributed by atoms with E-state index in [1.54, 1.807) is 18.3 Å². The van der Waals surface area contributed by atoms with E-state index in [1.807, 2.05) is 85.8 Å². The highest BCUT2D eigenvalue weighted by molar-refractivity contribution is 6.03. The lowest BCUT2D eigenvalue weighted by Crippen LogP contribution is -2.13. The first-order valence-corrected chi connectivity index (χ1v) is 12.4. The minimum Gasteiger partial charge on any atom is -0.489 e. The summed E-state index contributed by atoms with van der Waals surface area (Å²) in [5.74, 6) is 0.276. The van der Waals surface area contributed by atoms with Gasteiger partial charge in [-0.2, -0.15) is 9.78 Å². The third-order valence-electron chi connectivity index (χ3n) is 6.39. The number of hydrogen-bond donors (Lipinski definition) is 0. The van der Waals surface area contributed by atoms with E-state index in [0.717, 1.165) is 16.7 Å². The number of carbonyl (C=O) groups excluding carboxylic acids is 2. The van der Waals surface area contributed by atoms with Gasteiger partial charge in [0.15, 0.2) is 0 Å². The molecule has 0 amide bonds. The highest BCUT2D eigenvalue weighted by Gasteiger charge is 2.20. The van der Waals surface area contributed by atoms with E-state index < -0.39 is 0 Å². The number of rotatable bonds is 8. The van der Waals surface area contributed by atoms with Crippen LogP contribution < -0.4 is 4.74 Å². The van der Waals surface area contributed by atoms with Crippen LogP contribution >= 0.6 is 0 Å². The summed E-state index contributed by atoms with van der Waals surface area (Å²) in [6.07, 6.45) is 2.07. The first-order valence-electron chi connectivity index (χ1n) is 12.4. The van der Waals surface area contributed by atoms with E-state index in [-0.39, 0.29) is 24.4 Å². The van der Waals surface area contributed by atoms with Gasteiger partial charge in [0.1, 0.15) is 23.6 Å². The zero-order valence-electron chi connectivity index (χ0n) is 21.2. The van der Waals surface area contributed by atoms with Gasteiger partial charge in [0.25, 0.3) is 5.91 Å². The van der Waals surface area contributed by atoms with Gasteiger partial charge in [-0.3, -0.25) is 14.6 Å². The molecule has 0 bridgehead atoms. The number of esters is 1. The molecular formula is C31H27N3O4. The Morgan fingerprint density at radius 2 is 1.61 bits per heavy atom. The van der Waals surface area contributed by atoms with Gasteiger partial charge in [-0.15, -0.1) is 0 Å². The minimum atomic E-state index is -0.235. The molecule has 5 rings (SSSR count). The molecule has 2 heterocycles. The Kier molecular flexibility index (Phi) is 7.26. The second kappa shape index (κ2) is 11.1. The van der Waals surface area contributed by atoms with Crippen molar-refractivity contribution in [3.8, 4) is 17.0 Å². The summed E-state index contributed by atoms with van der Waals surface area (Å²) in [7, 11) is 1.39. The van der Waals surface area contributed by atoms with Gasteiger partial charge in [-0.1, -0.05) is 67.6 Å². The number of benzene rings is 3. The standard InChI is InChI=1S/C31H27N3O4/c1-21(17-28(35)37-2)23-13-15-26(16-14-23)38-20-22-18-27-30(32-19-22)29(24-9-5-3-6-10-24)33-34(27)31(36)25-11-7-4-8-12-25/h3-16,18-19,21H,17,20H2,1-2H3. The zero-order chi connectivity index (χ0) is 26.5. The van der Waals surface area contributed by atoms with Gasteiger partial charge in [-0.25, -0.2) is 0 Å². The average Bonchev–Trinajstić information content (AvgIpc) is 3.35. The number of methoxy groups -OCH3 is 1. The van der Waals surface area contributed by atoms with Crippen LogP contribution in [0.5, 0.6) is 5.75 Å². The van der Waals surface area contributed by atoms with E-state index in [2.05, 4.69) is 10.1 Å². The molecule has 1 atom stereocenters. The highest BCUT2D eigenvalue weighted by atomic mass is 16.5. The van der Waals surface area contributed by atoms with E-state index >= 15 is 0 Å². The van der Waals surface area contributed by atoms with Crippen LogP contribution in [0.2, 0.25) is 0 Å². The molecule has 0 N–H and O–H groups in total. The normalized spacial score (nSPS) is 11.7. The molecule has 0 spiro atoms. The summed E-state index contributed by atoms with van der Waals surface area (Å²) in [6.45, 7) is 2.25. The smallest absolute Gasteiger partial charge is 0.306 e. The lowest BCUT2D eigenvalue weighted by Gasteiger charge is -2.12. The molecule has 38 heavy (non-hydrogen) atoms. The quantitative estimate of drug-likeness (QED) is 0.239. The molecule has 2 aromatic heterocycles. The molecule has 0 saturated heterocycles. The van der Waals surface area contributed by atoms with Crippen LogP contribution in [0, 0.1) is 0 Å². The lowest BCUT2D eigenvalue weighted by atomic mass is 9.98. The van der Waals surface area contributed by atoms with Crippen molar-refractivity contribution < 1.29 is 19.1 Å². The molecule has 1 unspecified atom stereocenters. The Hall–Kier alpha value is -4.78. The van der Waals surface area contributed by atoms with Gasteiger partial charge >= 0.3 is 5.97 Å². The number of pyridine rings is 1. The number of nitrogens with zero attached hydrogens (tertiary/aromatic N) is 3. The molecule has 0 saturated carbocycles. The van der Waals surface area contributed by atoms with E-state index in [4.69, 9.17) is 9.47 Å². The maximum Gasteiger partial charge on any atom is 0.306 e. The molecular weight excluding hydrogens is 478 g/mol. The third-order valence-corrected chi connectivity index (χ3v) is 6.39. The average molecular weight is 506 g/mol. The van der Waals surface area contributed by atoms with Crippen LogP contribution in [0.3, 0.4) is 0 Å². The monoisotopic (exact) mass is 505 g/mol. The summed E-state index contributed by atoms with van der Waals surface area (Å²) in [6, 6.07) is 28.3. The van der Waals surface area contributed by atoms with Gasteiger partial charge in [0.2, 0.25) is 0 Å². The number of hydrogen-bond acceptors (Lipinski definition) is 6. The molecule has 5 aromatic rings. The van der Waals surface area contributed by atoms with E-state index in [0.29, 0.717) is 34.5 Å². The topological polar surface area (TPSA) is 83.3 Å².